The van der Waals surface area contributed by atoms with E-state index >= 15 is 4.79 Å². The number of thioether (sulfide) groups is 1. The maximum atomic E-state index is 15.2. The highest BCUT2D eigenvalue weighted by Crippen LogP contribution is 2.62. The Hall–Kier alpha value is -4.61. The van der Waals surface area contributed by atoms with Gasteiger partial charge in [-0.25, -0.2) is 0 Å². The highest BCUT2D eigenvalue weighted by Gasteiger charge is 2.65. The number of rotatable bonds is 21. The largest absolute Gasteiger partial charge is 0.493 e. The smallest absolute Gasteiger partial charge is 0.254 e. The molecule has 63 heavy (non-hydrogen) atoms. The lowest BCUT2D eigenvalue weighted by Gasteiger charge is -2.60. The van der Waals surface area contributed by atoms with Crippen LogP contribution in [-0.2, 0) is 9.57 Å². The number of oxime groups is 1. The maximum absolute atomic E-state index is 15.2. The van der Waals surface area contributed by atoms with Gasteiger partial charge in [0.15, 0.2) is 0 Å². The van der Waals surface area contributed by atoms with Crippen LogP contribution in [0.4, 0.5) is 0 Å². The van der Waals surface area contributed by atoms with Crippen molar-refractivity contribution >= 4 is 34.2 Å². The third-order valence-electron chi connectivity index (χ3n) is 12.5. The molecule has 4 aromatic carbocycles. The summed E-state index contributed by atoms with van der Waals surface area (Å²) in [6.07, 6.45) is 10.0. The number of carbonyl (C=O) groups is 1. The first-order valence-electron chi connectivity index (χ1n) is 23.0. The van der Waals surface area contributed by atoms with Crippen molar-refractivity contribution in [2.24, 2.45) is 22.9 Å². The Labute approximate surface area is 378 Å². The Morgan fingerprint density at radius 2 is 1.70 bits per heavy atom. The van der Waals surface area contributed by atoms with Crippen LogP contribution in [0.1, 0.15) is 101 Å². The number of hydrogen-bond acceptors (Lipinski definition) is 9. The van der Waals surface area contributed by atoms with E-state index in [1.54, 1.807) is 17.8 Å². The number of amides is 1. The van der Waals surface area contributed by atoms with Crippen molar-refractivity contribution < 1.29 is 34.1 Å². The predicted molar refractivity (Wildman–Crippen MR) is 254 cm³/mol. The van der Waals surface area contributed by atoms with E-state index in [1.165, 1.54) is 4.90 Å². The van der Waals surface area contributed by atoms with Gasteiger partial charge < -0.3 is 34.2 Å². The number of benzene rings is 4. The molecule has 0 bridgehead atoms. The molecule has 0 saturated heterocycles. The highest BCUT2D eigenvalue weighted by molar-refractivity contribution is 7.99. The predicted octanol–water partition coefficient (Wildman–Crippen LogP) is 11.0. The van der Waals surface area contributed by atoms with Crippen LogP contribution in [0.3, 0.4) is 0 Å². The first-order valence-corrected chi connectivity index (χ1v) is 24.0. The van der Waals surface area contributed by atoms with Crippen LogP contribution in [0.5, 0.6) is 11.5 Å². The average molecular weight is 875 g/mol. The normalized spacial score (nSPS) is 23.3. The van der Waals surface area contributed by atoms with Crippen molar-refractivity contribution in [2.75, 3.05) is 38.7 Å². The summed E-state index contributed by atoms with van der Waals surface area (Å²) in [4.78, 5) is 24.7. The van der Waals surface area contributed by atoms with Crippen LogP contribution >= 0.6 is 11.8 Å². The Balaban J connectivity index is 1.40. The molecule has 7 rings (SSSR count). The number of ether oxygens (including phenoxy) is 3. The van der Waals surface area contributed by atoms with Crippen LogP contribution in [0.25, 0.3) is 10.8 Å². The van der Waals surface area contributed by atoms with E-state index in [-0.39, 0.29) is 43.5 Å². The fourth-order valence-electron chi connectivity index (χ4n) is 9.89. The van der Waals surface area contributed by atoms with Gasteiger partial charge in [-0.3, -0.25) is 4.79 Å². The quantitative estimate of drug-likeness (QED) is 0.0369. The molecule has 0 aromatic heterocycles. The van der Waals surface area contributed by atoms with Gasteiger partial charge in [-0.1, -0.05) is 85.6 Å². The average Bonchev–Trinajstić information content (AvgIpc) is 3.29. The summed E-state index contributed by atoms with van der Waals surface area (Å²) >= 11 is 1.76. The Morgan fingerprint density at radius 3 is 2.43 bits per heavy atom. The fraction of sp³-hybridized carbons (Fsp3) is 0.472. The lowest BCUT2D eigenvalue weighted by molar-refractivity contribution is -0.254. The Morgan fingerprint density at radius 1 is 0.952 bits per heavy atom. The molecule has 1 saturated carbocycles. The molecule has 1 heterocycles. The molecule has 2 N–H and O–H groups in total. The van der Waals surface area contributed by atoms with Crippen molar-refractivity contribution in [1.82, 2.24) is 4.90 Å². The minimum Gasteiger partial charge on any atom is -0.493 e. The second kappa shape index (κ2) is 21.4. The molecule has 2 aliphatic carbocycles. The highest BCUT2D eigenvalue weighted by atomic mass is 32.2. The monoisotopic (exact) mass is 874 g/mol. The molecule has 1 fully saturated rings. The number of hydrogen-bond donors (Lipinski definition) is 2. The van der Waals surface area contributed by atoms with Crippen LogP contribution < -0.4 is 9.47 Å². The number of fused-ring (bicyclic) bond motifs is 3. The molecular formula is C53H66N2O7S. The molecule has 0 radical (unpaired) electrons. The van der Waals surface area contributed by atoms with Crippen LogP contribution in [0.2, 0.25) is 0 Å². The standard InChI is InChI=1S/C53H66N2O7S/c1-6-27-55(51(58)40-24-23-37-17-11-12-18-38(37)33-40)48-36-46(54-62-52(3,4)5)44-34-39(19-13-15-28-56)43(22-14-16-29-57)49-45-35-41(59-31-32-63-42-20-9-8-10-21-42)25-26-47(45)61-53(48,50(44)49)60-30-7-2/h7-12,17-18,20-21,23-26,33-35,39,43,48-50,56-57H,2,6,13-16,19,22,27-32,36H2,1,3-5H3. The van der Waals surface area contributed by atoms with Crippen molar-refractivity contribution in [3.05, 3.63) is 126 Å². The Kier molecular flexibility index (Phi) is 15.7. The summed E-state index contributed by atoms with van der Waals surface area (Å²) in [5.41, 5.74) is 2.87. The zero-order valence-corrected chi connectivity index (χ0v) is 38.4. The van der Waals surface area contributed by atoms with Gasteiger partial charge in [0.1, 0.15) is 23.1 Å². The molecule has 9 nitrogen and oxygen atoms in total. The van der Waals surface area contributed by atoms with Crippen molar-refractivity contribution in [3.63, 3.8) is 0 Å². The SMILES string of the molecule is C=CCOC12Oc3ccc(OCCSc4ccccc4)cc3C3C(CCCCO)C(CCCCO)C=C(C(=NOC(C)(C)C)CC1N(CCC)C(=O)c1ccc4ccccc4c1)C32. The molecule has 1 amide bonds. The molecule has 336 valence electrons. The maximum Gasteiger partial charge on any atom is 0.254 e. The molecular weight excluding hydrogens is 809 g/mol. The summed E-state index contributed by atoms with van der Waals surface area (Å²) in [6, 6.07) is 29.9. The van der Waals surface area contributed by atoms with E-state index in [1.807, 2.05) is 80.3 Å². The van der Waals surface area contributed by atoms with Gasteiger partial charge in [0.2, 0.25) is 5.79 Å². The molecule has 6 unspecified atom stereocenters. The van der Waals surface area contributed by atoms with E-state index in [0.717, 1.165) is 64.8 Å². The molecule has 0 spiro atoms. The zero-order chi connectivity index (χ0) is 44.4. The second-order valence-electron chi connectivity index (χ2n) is 18.0. The van der Waals surface area contributed by atoms with Gasteiger partial charge in [-0.15, -0.1) is 18.3 Å². The third kappa shape index (κ3) is 10.7. The van der Waals surface area contributed by atoms with Gasteiger partial charge in [0, 0.05) is 53.9 Å². The number of carbonyl (C=O) groups excluding carboxylic acids is 1. The van der Waals surface area contributed by atoms with E-state index in [9.17, 15) is 10.2 Å². The first kappa shape index (κ1) is 46.4. The van der Waals surface area contributed by atoms with E-state index in [2.05, 4.69) is 56.0 Å². The van der Waals surface area contributed by atoms with Gasteiger partial charge in [-0.05, 0) is 124 Å². The van der Waals surface area contributed by atoms with Gasteiger partial charge in [0.05, 0.1) is 24.8 Å². The fourth-order valence-corrected chi connectivity index (χ4v) is 10.6. The van der Waals surface area contributed by atoms with Crippen molar-refractivity contribution in [2.45, 2.75) is 107 Å². The number of aliphatic hydroxyl groups excluding tert-OH is 2. The topological polar surface area (TPSA) is 110 Å². The van der Waals surface area contributed by atoms with Gasteiger partial charge in [0.25, 0.3) is 5.91 Å². The van der Waals surface area contributed by atoms with Gasteiger partial charge >= 0.3 is 0 Å². The summed E-state index contributed by atoms with van der Waals surface area (Å²) < 4.78 is 21.2. The van der Waals surface area contributed by atoms with Crippen LogP contribution in [0.15, 0.2) is 125 Å². The van der Waals surface area contributed by atoms with E-state index < -0.39 is 23.3 Å². The zero-order valence-electron chi connectivity index (χ0n) is 37.5. The molecule has 4 aromatic rings. The molecule has 6 atom stereocenters. The minimum absolute atomic E-state index is 0.0991. The third-order valence-corrected chi connectivity index (χ3v) is 13.5. The number of unbranched alkanes of at least 4 members (excludes halogenated alkanes) is 2. The number of aliphatic hydroxyl groups is 2. The lowest BCUT2D eigenvalue weighted by atomic mass is 9.55. The van der Waals surface area contributed by atoms with Gasteiger partial charge in [-0.2, -0.15) is 0 Å². The van der Waals surface area contributed by atoms with Crippen LogP contribution in [0, 0.1) is 17.8 Å². The Bertz CT molecular complexity index is 2220. The van der Waals surface area contributed by atoms with Crippen LogP contribution in [-0.4, -0.2) is 82.9 Å². The lowest BCUT2D eigenvalue weighted by Crippen LogP contribution is -2.70. The molecule has 10 heteroatoms. The van der Waals surface area contributed by atoms with Crippen molar-refractivity contribution in [1.29, 1.82) is 0 Å². The second-order valence-corrected chi connectivity index (χ2v) is 19.2. The van der Waals surface area contributed by atoms with Crippen molar-refractivity contribution in [3.8, 4) is 11.5 Å². The number of nitrogens with zero attached hydrogens (tertiary/aromatic N) is 2. The first-order chi connectivity index (χ1) is 30.6. The summed E-state index contributed by atoms with van der Waals surface area (Å²) in [7, 11) is 0. The van der Waals surface area contributed by atoms with E-state index in [4.69, 9.17) is 24.2 Å². The summed E-state index contributed by atoms with van der Waals surface area (Å²) in [5.74, 6) is 0.541. The molecule has 3 aliphatic rings. The van der Waals surface area contributed by atoms with E-state index in [0.29, 0.717) is 50.1 Å². The number of allylic oxidation sites excluding steroid dienone is 1. The summed E-state index contributed by atoms with van der Waals surface area (Å²) in [5, 5.41) is 27.0. The molecule has 1 aliphatic heterocycles. The summed E-state index contributed by atoms with van der Waals surface area (Å²) in [6.45, 7) is 13.6. The minimum atomic E-state index is -1.33.